The van der Waals surface area contributed by atoms with Crippen molar-refractivity contribution in [1.82, 2.24) is 15.1 Å². The molecule has 1 aromatic rings. The lowest BCUT2D eigenvalue weighted by molar-refractivity contribution is 0.198. The fraction of sp³-hybridized carbons (Fsp3) is 0.500. The number of carbonyl (C=O) groups excluding carboxylic acids is 1. The van der Waals surface area contributed by atoms with Gasteiger partial charge in [0.1, 0.15) is 0 Å². The number of halogens is 1. The quantitative estimate of drug-likeness (QED) is 0.752. The number of rotatable bonds is 1. The van der Waals surface area contributed by atoms with Crippen molar-refractivity contribution in [3.05, 3.63) is 17.3 Å². The molecule has 0 atom stereocenters. The van der Waals surface area contributed by atoms with Crippen LogP contribution >= 0.6 is 11.6 Å². The summed E-state index contributed by atoms with van der Waals surface area (Å²) in [4.78, 5) is 15.3. The molecule has 0 saturated carbocycles. The number of hydrogen-bond donors (Lipinski definition) is 0. The molecule has 86 valence electrons. The molecule has 0 aromatic carbocycles. The lowest BCUT2D eigenvalue weighted by atomic mass is 10.1. The lowest BCUT2D eigenvalue weighted by Crippen LogP contribution is -2.38. The highest BCUT2D eigenvalue weighted by Crippen LogP contribution is 2.27. The van der Waals surface area contributed by atoms with E-state index in [0.29, 0.717) is 17.5 Å². The molecule has 2 rings (SSSR count). The summed E-state index contributed by atoms with van der Waals surface area (Å²) in [6.07, 6.45) is 0. The molecule has 1 aliphatic heterocycles. The Morgan fingerprint density at radius 1 is 1.38 bits per heavy atom. The van der Waals surface area contributed by atoms with Gasteiger partial charge in [0.2, 0.25) is 0 Å². The van der Waals surface area contributed by atoms with E-state index in [4.69, 9.17) is 11.6 Å². The van der Waals surface area contributed by atoms with E-state index in [2.05, 4.69) is 10.2 Å². The van der Waals surface area contributed by atoms with Gasteiger partial charge in [0.15, 0.2) is 11.0 Å². The van der Waals surface area contributed by atoms with Crippen LogP contribution in [-0.4, -0.2) is 40.3 Å². The Bertz CT molecular complexity index is 417. The van der Waals surface area contributed by atoms with E-state index >= 15 is 0 Å². The topological polar surface area (TPSA) is 49.3 Å². The first-order valence-corrected chi connectivity index (χ1v) is 5.34. The molecular formula is C10H13ClN4O. The fourth-order valence-electron chi connectivity index (χ4n) is 1.63. The number of carbonyl (C=O) groups is 1. The van der Waals surface area contributed by atoms with Crippen molar-refractivity contribution in [3.8, 4) is 0 Å². The zero-order valence-electron chi connectivity index (χ0n) is 9.44. The van der Waals surface area contributed by atoms with Crippen LogP contribution in [0.2, 0.25) is 5.15 Å². The molecule has 0 unspecified atom stereocenters. The van der Waals surface area contributed by atoms with E-state index in [1.807, 2.05) is 13.8 Å². The van der Waals surface area contributed by atoms with Crippen LogP contribution in [0.1, 0.15) is 13.8 Å². The fourth-order valence-corrected chi connectivity index (χ4v) is 1.73. The maximum atomic E-state index is 12.0. The number of anilines is 1. The first-order valence-electron chi connectivity index (χ1n) is 4.96. The van der Waals surface area contributed by atoms with Crippen molar-refractivity contribution in [2.24, 2.45) is 0 Å². The normalized spacial score (nSPS) is 19.4. The number of nitrogens with zero attached hydrogens (tertiary/aromatic N) is 4. The van der Waals surface area contributed by atoms with Crippen LogP contribution in [0.5, 0.6) is 0 Å². The first kappa shape index (κ1) is 11.1. The molecule has 1 aromatic heterocycles. The SMILES string of the molecule is CN1C(=O)N(c2ccc(Cl)nn2)CC1(C)C. The molecule has 0 spiro atoms. The van der Waals surface area contributed by atoms with Gasteiger partial charge >= 0.3 is 6.03 Å². The summed E-state index contributed by atoms with van der Waals surface area (Å²) >= 11 is 5.65. The predicted molar refractivity (Wildman–Crippen MR) is 61.6 cm³/mol. The van der Waals surface area contributed by atoms with Crippen molar-refractivity contribution in [2.45, 2.75) is 19.4 Å². The molecule has 0 N–H and O–H groups in total. The van der Waals surface area contributed by atoms with Crippen molar-refractivity contribution >= 4 is 23.4 Å². The van der Waals surface area contributed by atoms with Gasteiger partial charge in [0.25, 0.3) is 0 Å². The second-order valence-electron chi connectivity index (χ2n) is 4.45. The van der Waals surface area contributed by atoms with Crippen molar-refractivity contribution in [3.63, 3.8) is 0 Å². The molecule has 2 amide bonds. The van der Waals surface area contributed by atoms with Crippen LogP contribution in [-0.2, 0) is 0 Å². The van der Waals surface area contributed by atoms with Crippen molar-refractivity contribution in [2.75, 3.05) is 18.5 Å². The maximum absolute atomic E-state index is 12.0. The minimum Gasteiger partial charge on any atom is -0.320 e. The van der Waals surface area contributed by atoms with Gasteiger partial charge in [-0.3, -0.25) is 4.90 Å². The molecule has 0 bridgehead atoms. The molecule has 5 nitrogen and oxygen atoms in total. The third-order valence-electron chi connectivity index (χ3n) is 2.87. The van der Waals surface area contributed by atoms with Crippen molar-refractivity contribution < 1.29 is 4.79 Å². The van der Waals surface area contributed by atoms with E-state index in [9.17, 15) is 4.79 Å². The number of amides is 2. The van der Waals surface area contributed by atoms with Gasteiger partial charge in [-0.15, -0.1) is 10.2 Å². The molecule has 1 fully saturated rings. The first-order chi connectivity index (χ1) is 7.42. The molecule has 0 radical (unpaired) electrons. The Balaban J connectivity index is 2.30. The summed E-state index contributed by atoms with van der Waals surface area (Å²) in [5.74, 6) is 0.534. The van der Waals surface area contributed by atoms with Crippen LogP contribution in [0.25, 0.3) is 0 Å². The highest BCUT2D eigenvalue weighted by molar-refractivity contribution is 6.29. The lowest BCUT2D eigenvalue weighted by Gasteiger charge is -2.24. The standard InChI is InChI=1S/C10H13ClN4O/c1-10(2)6-15(9(16)14(10)3)8-5-4-7(11)12-13-8/h4-5H,6H2,1-3H3. The monoisotopic (exact) mass is 240 g/mol. The minimum absolute atomic E-state index is 0.0679. The van der Waals surface area contributed by atoms with Crippen LogP contribution in [0.15, 0.2) is 12.1 Å². The van der Waals surface area contributed by atoms with Crippen LogP contribution < -0.4 is 4.90 Å². The average molecular weight is 241 g/mol. The molecule has 0 aliphatic carbocycles. The Kier molecular flexibility index (Phi) is 2.50. The highest BCUT2D eigenvalue weighted by Gasteiger charge is 2.41. The predicted octanol–water partition coefficient (Wildman–Crippen LogP) is 1.78. The third kappa shape index (κ3) is 1.71. The summed E-state index contributed by atoms with van der Waals surface area (Å²) in [7, 11) is 1.78. The summed E-state index contributed by atoms with van der Waals surface area (Å²) in [6, 6.07) is 3.26. The van der Waals surface area contributed by atoms with Gasteiger partial charge in [0.05, 0.1) is 12.1 Å². The van der Waals surface area contributed by atoms with Gasteiger partial charge in [-0.2, -0.15) is 0 Å². The largest absolute Gasteiger partial charge is 0.326 e. The Hall–Kier alpha value is -1.36. The van der Waals surface area contributed by atoms with Gasteiger partial charge in [-0.25, -0.2) is 4.79 Å². The number of hydrogen-bond acceptors (Lipinski definition) is 3. The number of aromatic nitrogens is 2. The average Bonchev–Trinajstić information content (AvgIpc) is 2.44. The van der Waals surface area contributed by atoms with E-state index in [0.717, 1.165) is 0 Å². The highest BCUT2D eigenvalue weighted by atomic mass is 35.5. The van der Waals surface area contributed by atoms with E-state index in [1.54, 1.807) is 29.0 Å². The van der Waals surface area contributed by atoms with Gasteiger partial charge < -0.3 is 4.90 Å². The zero-order chi connectivity index (χ0) is 11.9. The van der Waals surface area contributed by atoms with Gasteiger partial charge in [-0.1, -0.05) is 11.6 Å². The summed E-state index contributed by atoms with van der Waals surface area (Å²) in [6.45, 7) is 4.61. The van der Waals surface area contributed by atoms with Gasteiger partial charge in [0, 0.05) is 7.05 Å². The van der Waals surface area contributed by atoms with Crippen LogP contribution in [0.3, 0.4) is 0 Å². The molecule has 6 heteroatoms. The summed E-state index contributed by atoms with van der Waals surface area (Å²) in [5.41, 5.74) is -0.196. The number of urea groups is 1. The zero-order valence-corrected chi connectivity index (χ0v) is 10.2. The Morgan fingerprint density at radius 2 is 2.06 bits per heavy atom. The van der Waals surface area contributed by atoms with E-state index in [1.165, 1.54) is 0 Å². The third-order valence-corrected chi connectivity index (χ3v) is 3.07. The van der Waals surface area contributed by atoms with Crippen molar-refractivity contribution in [1.29, 1.82) is 0 Å². The summed E-state index contributed by atoms with van der Waals surface area (Å²) in [5, 5.41) is 7.96. The Labute approximate surface area is 99.0 Å². The molecule has 1 saturated heterocycles. The summed E-state index contributed by atoms with van der Waals surface area (Å²) < 4.78 is 0. The smallest absolute Gasteiger partial charge is 0.320 e. The van der Waals surface area contributed by atoms with Crippen LogP contribution in [0, 0.1) is 0 Å². The minimum atomic E-state index is -0.196. The Morgan fingerprint density at radius 3 is 2.50 bits per heavy atom. The molecule has 1 aliphatic rings. The second kappa shape index (κ2) is 3.59. The van der Waals surface area contributed by atoms with Crippen LogP contribution in [0.4, 0.5) is 10.6 Å². The van der Waals surface area contributed by atoms with Gasteiger partial charge in [-0.05, 0) is 26.0 Å². The molecule has 2 heterocycles. The maximum Gasteiger partial charge on any atom is 0.326 e. The second-order valence-corrected chi connectivity index (χ2v) is 4.84. The van der Waals surface area contributed by atoms with E-state index < -0.39 is 0 Å². The van der Waals surface area contributed by atoms with E-state index in [-0.39, 0.29) is 11.6 Å². The molecular weight excluding hydrogens is 228 g/mol. The molecule has 16 heavy (non-hydrogen) atoms. The number of likely N-dealkylation sites (N-methyl/N-ethyl adjacent to an activating group) is 1.